The van der Waals surface area contributed by atoms with Crippen LogP contribution in [0.2, 0.25) is 5.02 Å². The molecule has 136 valence electrons. The second-order valence-electron chi connectivity index (χ2n) is 6.39. The summed E-state index contributed by atoms with van der Waals surface area (Å²) in [6.45, 7) is 3.62. The predicted molar refractivity (Wildman–Crippen MR) is 107 cm³/mol. The Kier molecular flexibility index (Phi) is 4.28. The van der Waals surface area contributed by atoms with Gasteiger partial charge < -0.3 is 14.1 Å². The number of fused-ring (bicyclic) bond motifs is 1. The number of carbonyl (C=O) groups is 1. The van der Waals surface area contributed by atoms with Gasteiger partial charge in [-0.05, 0) is 37.6 Å². The maximum Gasteiger partial charge on any atom is 0.342 e. The van der Waals surface area contributed by atoms with E-state index in [4.69, 9.17) is 20.8 Å². The van der Waals surface area contributed by atoms with Gasteiger partial charge in [-0.3, -0.25) is 0 Å². The van der Waals surface area contributed by atoms with Crippen molar-refractivity contribution in [3.63, 3.8) is 0 Å². The van der Waals surface area contributed by atoms with Crippen molar-refractivity contribution in [1.82, 2.24) is 4.98 Å². The molecule has 0 unspecified atom stereocenters. The minimum Gasteiger partial charge on any atom is -0.465 e. The summed E-state index contributed by atoms with van der Waals surface area (Å²) in [5.74, 6) is 0.769. The van der Waals surface area contributed by atoms with Gasteiger partial charge in [0.15, 0.2) is 0 Å². The number of ether oxygens (including phenoxy) is 1. The van der Waals surface area contributed by atoms with Gasteiger partial charge in [-0.1, -0.05) is 41.9 Å². The molecule has 0 radical (unpaired) electrons. The molecule has 4 rings (SSSR count). The summed E-state index contributed by atoms with van der Waals surface area (Å²) in [6.07, 6.45) is 0. The Hall–Kier alpha value is -2.98. The summed E-state index contributed by atoms with van der Waals surface area (Å²) in [5.41, 5.74) is 4.89. The third-order valence-electron chi connectivity index (χ3n) is 4.72. The predicted octanol–water partition coefficient (Wildman–Crippen LogP) is 6.15. The fraction of sp³-hybridized carbons (Fsp3) is 0.136. The largest absolute Gasteiger partial charge is 0.465 e. The van der Waals surface area contributed by atoms with Gasteiger partial charge in [0.2, 0.25) is 0 Å². The summed E-state index contributed by atoms with van der Waals surface area (Å²) in [7, 11) is 1.37. The van der Waals surface area contributed by atoms with E-state index in [9.17, 15) is 4.79 Å². The molecule has 0 saturated heterocycles. The molecule has 0 aliphatic heterocycles. The van der Waals surface area contributed by atoms with Gasteiger partial charge in [-0.2, -0.15) is 0 Å². The molecule has 0 spiro atoms. The number of methoxy groups -OCH3 is 1. The molecule has 1 N–H and O–H groups in total. The number of aromatic nitrogens is 1. The van der Waals surface area contributed by atoms with Crippen LogP contribution in [0.15, 0.2) is 52.9 Å². The van der Waals surface area contributed by atoms with Crippen molar-refractivity contribution < 1.29 is 13.9 Å². The lowest BCUT2D eigenvalue weighted by Gasteiger charge is -2.07. The first-order chi connectivity index (χ1) is 13.0. The zero-order valence-electron chi connectivity index (χ0n) is 15.2. The van der Waals surface area contributed by atoms with E-state index in [1.165, 1.54) is 7.11 Å². The van der Waals surface area contributed by atoms with Crippen molar-refractivity contribution in [3.8, 4) is 22.4 Å². The van der Waals surface area contributed by atoms with Crippen LogP contribution in [0.3, 0.4) is 0 Å². The number of rotatable bonds is 3. The molecule has 0 aliphatic rings. The van der Waals surface area contributed by atoms with Crippen LogP contribution >= 0.6 is 11.6 Å². The minimum atomic E-state index is -0.422. The number of esters is 1. The summed E-state index contributed by atoms with van der Waals surface area (Å²) < 4.78 is 10.8. The van der Waals surface area contributed by atoms with Crippen LogP contribution in [0.1, 0.15) is 21.9 Å². The first-order valence-electron chi connectivity index (χ1n) is 8.56. The number of carbonyl (C=O) groups excluding carboxylic acids is 1. The molecule has 0 bridgehead atoms. The van der Waals surface area contributed by atoms with Crippen LogP contribution in [0.25, 0.3) is 33.3 Å². The Morgan fingerprint density at radius 1 is 1.04 bits per heavy atom. The van der Waals surface area contributed by atoms with Crippen molar-refractivity contribution in [1.29, 1.82) is 0 Å². The number of aryl methyl sites for hydroxylation is 2. The lowest BCUT2D eigenvalue weighted by molar-refractivity contribution is 0.0599. The summed E-state index contributed by atoms with van der Waals surface area (Å²) in [6, 6.07) is 15.7. The smallest absolute Gasteiger partial charge is 0.342 e. The second-order valence-corrected chi connectivity index (χ2v) is 6.82. The molecule has 2 aromatic carbocycles. The fourth-order valence-electron chi connectivity index (χ4n) is 3.58. The van der Waals surface area contributed by atoms with Crippen molar-refractivity contribution in [3.05, 3.63) is 70.6 Å². The molecule has 0 atom stereocenters. The average Bonchev–Trinajstić information content (AvgIpc) is 3.17. The second kappa shape index (κ2) is 6.63. The van der Waals surface area contributed by atoms with E-state index < -0.39 is 5.97 Å². The lowest BCUT2D eigenvalue weighted by atomic mass is 9.95. The summed E-state index contributed by atoms with van der Waals surface area (Å²) >= 11 is 6.28. The van der Waals surface area contributed by atoms with Crippen LogP contribution < -0.4 is 0 Å². The standard InChI is InChI=1S/C22H18ClNO3/c1-12-18(19(13(2)27-12)22(25)26-3)20-16-11-15(23)9-10-17(16)24-21(20)14-7-5-4-6-8-14/h4-11,24H,1-3H3. The van der Waals surface area contributed by atoms with E-state index in [1.807, 2.05) is 55.5 Å². The average molecular weight is 380 g/mol. The number of aromatic amines is 1. The van der Waals surface area contributed by atoms with Crippen molar-refractivity contribution in [2.24, 2.45) is 0 Å². The lowest BCUT2D eigenvalue weighted by Crippen LogP contribution is -2.03. The number of halogens is 1. The Morgan fingerprint density at radius 2 is 1.78 bits per heavy atom. The Balaban J connectivity index is 2.14. The van der Waals surface area contributed by atoms with Crippen molar-refractivity contribution in [2.45, 2.75) is 13.8 Å². The quantitative estimate of drug-likeness (QED) is 0.434. The fourth-order valence-corrected chi connectivity index (χ4v) is 3.75. The van der Waals surface area contributed by atoms with Crippen molar-refractivity contribution in [2.75, 3.05) is 7.11 Å². The van der Waals surface area contributed by atoms with E-state index >= 15 is 0 Å². The van der Waals surface area contributed by atoms with E-state index in [0.29, 0.717) is 22.1 Å². The van der Waals surface area contributed by atoms with E-state index in [0.717, 1.165) is 33.3 Å². The molecule has 5 heteroatoms. The van der Waals surface area contributed by atoms with E-state index in [1.54, 1.807) is 6.92 Å². The van der Waals surface area contributed by atoms with Crippen LogP contribution in [-0.2, 0) is 4.74 Å². The number of H-pyrrole nitrogens is 1. The number of furan rings is 1. The monoisotopic (exact) mass is 379 g/mol. The van der Waals surface area contributed by atoms with Gasteiger partial charge in [0, 0.05) is 27.1 Å². The zero-order chi connectivity index (χ0) is 19.1. The Bertz CT molecular complexity index is 1160. The molecular formula is C22H18ClNO3. The van der Waals surface area contributed by atoms with Crippen LogP contribution in [-0.4, -0.2) is 18.1 Å². The van der Waals surface area contributed by atoms with Gasteiger partial charge in [-0.15, -0.1) is 0 Å². The molecule has 0 aliphatic carbocycles. The highest BCUT2D eigenvalue weighted by atomic mass is 35.5. The number of nitrogens with one attached hydrogen (secondary N) is 1. The van der Waals surface area contributed by atoms with Gasteiger partial charge >= 0.3 is 5.97 Å². The normalized spacial score (nSPS) is 11.1. The summed E-state index contributed by atoms with van der Waals surface area (Å²) in [4.78, 5) is 16.0. The Morgan fingerprint density at radius 3 is 2.48 bits per heavy atom. The molecule has 4 aromatic rings. The number of hydrogen-bond donors (Lipinski definition) is 1. The first kappa shape index (κ1) is 17.4. The molecular weight excluding hydrogens is 362 g/mol. The topological polar surface area (TPSA) is 55.2 Å². The third-order valence-corrected chi connectivity index (χ3v) is 4.96. The first-order valence-corrected chi connectivity index (χ1v) is 8.94. The van der Waals surface area contributed by atoms with E-state index in [2.05, 4.69) is 4.98 Å². The highest BCUT2D eigenvalue weighted by Crippen LogP contribution is 2.43. The molecule has 4 nitrogen and oxygen atoms in total. The highest BCUT2D eigenvalue weighted by Gasteiger charge is 2.28. The maximum atomic E-state index is 12.5. The highest BCUT2D eigenvalue weighted by molar-refractivity contribution is 6.31. The molecule has 2 heterocycles. The third kappa shape index (κ3) is 2.82. The number of hydrogen-bond acceptors (Lipinski definition) is 3. The summed E-state index contributed by atoms with van der Waals surface area (Å²) in [5, 5.41) is 1.55. The van der Waals surface area contributed by atoms with E-state index in [-0.39, 0.29) is 0 Å². The Labute approximate surface area is 161 Å². The molecule has 2 aromatic heterocycles. The SMILES string of the molecule is COC(=O)c1c(C)oc(C)c1-c1c(-c2ccccc2)[nH]c2ccc(Cl)cc12. The molecule has 0 amide bonds. The van der Waals surface area contributed by atoms with Crippen LogP contribution in [0.5, 0.6) is 0 Å². The minimum absolute atomic E-state index is 0.422. The van der Waals surface area contributed by atoms with Gasteiger partial charge in [-0.25, -0.2) is 4.79 Å². The zero-order valence-corrected chi connectivity index (χ0v) is 16.0. The van der Waals surface area contributed by atoms with Crippen molar-refractivity contribution >= 4 is 28.5 Å². The van der Waals surface area contributed by atoms with Gasteiger partial charge in [0.05, 0.1) is 12.8 Å². The van der Waals surface area contributed by atoms with Gasteiger partial charge in [0.1, 0.15) is 17.1 Å². The molecule has 0 saturated carbocycles. The van der Waals surface area contributed by atoms with Crippen LogP contribution in [0.4, 0.5) is 0 Å². The maximum absolute atomic E-state index is 12.5. The number of benzene rings is 2. The molecule has 0 fully saturated rings. The molecule has 27 heavy (non-hydrogen) atoms. The van der Waals surface area contributed by atoms with Gasteiger partial charge in [0.25, 0.3) is 0 Å². The van der Waals surface area contributed by atoms with Crippen LogP contribution in [0, 0.1) is 13.8 Å².